The first-order chi connectivity index (χ1) is 20.3. The third-order valence-electron chi connectivity index (χ3n) is 8.31. The first kappa shape index (κ1) is 27.4. The number of ether oxygens (including phenoxy) is 2. The maximum absolute atomic E-state index is 14.5. The number of hydrogen-bond donors (Lipinski definition) is 0. The number of benzene rings is 2. The summed E-state index contributed by atoms with van der Waals surface area (Å²) in [6, 6.07) is 10.6. The molecule has 2 bridgehead atoms. The van der Waals surface area contributed by atoms with E-state index in [2.05, 4.69) is 19.2 Å². The van der Waals surface area contributed by atoms with E-state index in [1.165, 1.54) is 24.3 Å². The number of nitrogens with zero attached hydrogens (tertiary/aromatic N) is 3. The minimum Gasteiger partial charge on any atom is -0.405 e. The molecule has 0 amide bonds. The van der Waals surface area contributed by atoms with Crippen LogP contribution in [0.3, 0.4) is 0 Å². The summed E-state index contributed by atoms with van der Waals surface area (Å²) in [4.78, 5) is 16.6. The van der Waals surface area contributed by atoms with Gasteiger partial charge in [-0.05, 0) is 62.8 Å². The zero-order valence-electron chi connectivity index (χ0n) is 22.3. The molecular formula is C29H27F4N3O5S. The van der Waals surface area contributed by atoms with Gasteiger partial charge in [-0.15, -0.1) is 13.2 Å². The Hall–Kier alpha value is -3.42. The molecule has 0 radical (unpaired) electrons. The summed E-state index contributed by atoms with van der Waals surface area (Å²) in [5.41, 5.74) is 2.88. The van der Waals surface area contributed by atoms with Gasteiger partial charge >= 0.3 is 12.8 Å². The normalized spacial score (nSPS) is 28.3. The van der Waals surface area contributed by atoms with Crippen LogP contribution in [0.1, 0.15) is 55.8 Å². The Morgan fingerprint density at radius 3 is 2.52 bits per heavy atom. The molecule has 8 nitrogen and oxygen atoms in total. The van der Waals surface area contributed by atoms with Crippen LogP contribution in [0.25, 0.3) is 11.3 Å². The van der Waals surface area contributed by atoms with Crippen LogP contribution in [0.2, 0.25) is 0 Å². The van der Waals surface area contributed by atoms with Gasteiger partial charge in [0.25, 0.3) is 0 Å². The standard InChI is InChI=1S/C29H27F4N3O5S/c30-23-5-3-7-25-27(23)34-15-42(25,39-16-37)36-18-10-11-19(36)13-20(12-18)38-14-22-26(35-41-28(22)17-8-9-17)21-4-1-2-6-24(21)40-29(31,32)33/h1-7,15-20H,8-14H2. The van der Waals surface area contributed by atoms with Crippen molar-refractivity contribution in [1.82, 2.24) is 9.46 Å². The maximum Gasteiger partial charge on any atom is 0.573 e. The molecule has 3 aromatic rings. The van der Waals surface area contributed by atoms with Crippen molar-refractivity contribution in [3.63, 3.8) is 0 Å². The smallest absolute Gasteiger partial charge is 0.405 e. The third kappa shape index (κ3) is 4.77. The van der Waals surface area contributed by atoms with Crippen molar-refractivity contribution in [3.05, 3.63) is 59.6 Å². The highest BCUT2D eigenvalue weighted by Gasteiger charge is 2.53. The molecule has 42 heavy (non-hydrogen) atoms. The molecule has 1 aromatic heterocycles. The van der Waals surface area contributed by atoms with Gasteiger partial charge in [0.1, 0.15) is 28.7 Å². The monoisotopic (exact) mass is 605 g/mol. The van der Waals surface area contributed by atoms with Gasteiger partial charge in [0.15, 0.2) is 0 Å². The molecule has 222 valence electrons. The lowest BCUT2D eigenvalue weighted by atomic mass is 10.0. The molecule has 2 saturated heterocycles. The molecule has 0 N–H and O–H groups in total. The molecule has 3 unspecified atom stereocenters. The molecule has 4 heterocycles. The summed E-state index contributed by atoms with van der Waals surface area (Å²) in [5.74, 6) is -0.0246. The summed E-state index contributed by atoms with van der Waals surface area (Å²) in [6.45, 7) is 0.532. The van der Waals surface area contributed by atoms with E-state index in [1.54, 1.807) is 23.7 Å². The second kappa shape index (κ2) is 10.4. The van der Waals surface area contributed by atoms with E-state index >= 15 is 0 Å². The van der Waals surface area contributed by atoms with E-state index in [-0.39, 0.29) is 53.4 Å². The first-order valence-electron chi connectivity index (χ1n) is 13.8. The first-order valence-corrected chi connectivity index (χ1v) is 15.4. The van der Waals surface area contributed by atoms with Crippen LogP contribution in [-0.2, 0) is 20.3 Å². The van der Waals surface area contributed by atoms with Gasteiger partial charge in [0, 0.05) is 39.6 Å². The summed E-state index contributed by atoms with van der Waals surface area (Å²) < 4.78 is 78.3. The molecule has 7 rings (SSSR count). The minimum absolute atomic E-state index is 0.00938. The highest BCUT2D eigenvalue weighted by molar-refractivity contribution is 8.39. The van der Waals surface area contributed by atoms with Crippen molar-refractivity contribution in [1.29, 1.82) is 0 Å². The van der Waals surface area contributed by atoms with E-state index < -0.39 is 22.7 Å². The van der Waals surface area contributed by atoms with Gasteiger partial charge in [0.2, 0.25) is 0 Å². The number of carbonyl (C=O) groups is 1. The third-order valence-corrected chi connectivity index (χ3v) is 11.3. The van der Waals surface area contributed by atoms with E-state index in [4.69, 9.17) is 13.4 Å². The topological polar surface area (TPSA) is 86.4 Å². The highest BCUT2D eigenvalue weighted by Crippen LogP contribution is 2.68. The Bertz CT molecular complexity index is 1530. The lowest BCUT2D eigenvalue weighted by Gasteiger charge is -2.49. The van der Waals surface area contributed by atoms with E-state index in [1.807, 2.05) is 0 Å². The average molecular weight is 606 g/mol. The van der Waals surface area contributed by atoms with Crippen LogP contribution >= 0.6 is 10.5 Å². The Labute approximate surface area is 240 Å². The van der Waals surface area contributed by atoms with Crippen LogP contribution in [0, 0.1) is 5.82 Å². The molecule has 3 atom stereocenters. The average Bonchev–Trinajstić information content (AvgIpc) is 3.51. The number of alkyl halides is 3. The summed E-state index contributed by atoms with van der Waals surface area (Å²) in [5, 5.41) is 4.16. The van der Waals surface area contributed by atoms with Crippen molar-refractivity contribution in [2.45, 2.75) is 80.5 Å². The fraction of sp³-hybridized carbons (Fsp3) is 0.414. The van der Waals surface area contributed by atoms with Crippen LogP contribution < -0.4 is 4.74 Å². The number of para-hydroxylation sites is 2. The van der Waals surface area contributed by atoms with E-state index in [0.717, 1.165) is 25.7 Å². The molecule has 1 aliphatic carbocycles. The van der Waals surface area contributed by atoms with E-state index in [0.29, 0.717) is 35.5 Å². The number of aromatic nitrogens is 1. The van der Waals surface area contributed by atoms with Gasteiger partial charge in [-0.25, -0.2) is 13.7 Å². The number of piperidine rings is 1. The molecule has 4 aliphatic rings. The zero-order valence-corrected chi connectivity index (χ0v) is 23.1. The SMILES string of the molecule is O=COS1(N2C3CCC2CC(OCc2c(-c4ccccc4OC(F)(F)F)noc2C2CC2)C3)C=Nc2c(F)cccc21. The van der Waals surface area contributed by atoms with Crippen LogP contribution in [0.15, 0.2) is 56.9 Å². The molecule has 2 aromatic carbocycles. The predicted octanol–water partition coefficient (Wildman–Crippen LogP) is 7.31. The number of carbonyl (C=O) groups excluding carboxylic acids is 1. The van der Waals surface area contributed by atoms with Crippen molar-refractivity contribution in [2.75, 3.05) is 0 Å². The van der Waals surface area contributed by atoms with Gasteiger partial charge in [0.05, 0.1) is 23.2 Å². The number of aliphatic imine (C=N–C) groups is 1. The Morgan fingerprint density at radius 2 is 1.81 bits per heavy atom. The number of halogens is 4. The lowest BCUT2D eigenvalue weighted by Crippen LogP contribution is -2.47. The Balaban J connectivity index is 1.13. The van der Waals surface area contributed by atoms with Gasteiger partial charge in [-0.1, -0.05) is 23.4 Å². The molecule has 3 fully saturated rings. The Morgan fingerprint density at radius 1 is 1.05 bits per heavy atom. The second-order valence-electron chi connectivity index (χ2n) is 10.9. The molecular weight excluding hydrogens is 578 g/mol. The predicted molar refractivity (Wildman–Crippen MR) is 145 cm³/mol. The number of rotatable bonds is 9. The molecule has 0 spiro atoms. The van der Waals surface area contributed by atoms with Crippen LogP contribution in [0.5, 0.6) is 5.75 Å². The van der Waals surface area contributed by atoms with Crippen LogP contribution in [0.4, 0.5) is 23.2 Å². The summed E-state index contributed by atoms with van der Waals surface area (Å²) >= 11 is 0. The number of hydrogen-bond acceptors (Lipinski definition) is 8. The van der Waals surface area contributed by atoms with Gasteiger partial charge in [-0.2, -0.15) is 0 Å². The fourth-order valence-corrected chi connectivity index (χ4v) is 9.51. The van der Waals surface area contributed by atoms with E-state index in [9.17, 15) is 22.4 Å². The van der Waals surface area contributed by atoms with Gasteiger partial charge in [-0.3, -0.25) is 4.79 Å². The van der Waals surface area contributed by atoms with Crippen LogP contribution in [-0.4, -0.2) is 46.0 Å². The van der Waals surface area contributed by atoms with Crippen molar-refractivity contribution in [3.8, 4) is 17.0 Å². The van der Waals surface area contributed by atoms with Gasteiger partial charge < -0.3 is 18.2 Å². The zero-order chi connectivity index (χ0) is 29.1. The number of fused-ring (bicyclic) bond motifs is 3. The molecule has 13 heteroatoms. The van der Waals surface area contributed by atoms with Crippen molar-refractivity contribution >= 4 is 28.2 Å². The summed E-state index contributed by atoms with van der Waals surface area (Å²) in [6.07, 6.45) is -0.202. The maximum atomic E-state index is 14.5. The largest absolute Gasteiger partial charge is 0.573 e. The molecule has 3 aliphatic heterocycles. The van der Waals surface area contributed by atoms with Crippen molar-refractivity contribution in [2.24, 2.45) is 4.99 Å². The quantitative estimate of drug-likeness (QED) is 0.187. The second-order valence-corrected chi connectivity index (χ2v) is 13.3. The minimum atomic E-state index is -4.85. The lowest BCUT2D eigenvalue weighted by molar-refractivity contribution is -0.274. The fourth-order valence-electron chi connectivity index (χ4n) is 6.47. The molecule has 1 saturated carbocycles. The van der Waals surface area contributed by atoms with Crippen molar-refractivity contribution < 1.29 is 40.5 Å². The highest BCUT2D eigenvalue weighted by atomic mass is 32.3. The summed E-state index contributed by atoms with van der Waals surface area (Å²) in [7, 11) is -2.44. The Kier molecular flexibility index (Phi) is 6.78.